The second kappa shape index (κ2) is 20.3. The summed E-state index contributed by atoms with van der Waals surface area (Å²) in [7, 11) is 0. The van der Waals surface area contributed by atoms with Gasteiger partial charge in [0.15, 0.2) is 0 Å². The van der Waals surface area contributed by atoms with Crippen molar-refractivity contribution in [3.8, 4) is 17.1 Å². The van der Waals surface area contributed by atoms with Gasteiger partial charge in [-0.05, 0) is 164 Å². The Balaban J connectivity index is 0.993. The molecule has 3 aromatic heterocycles. The molecular formula is C78H54N6. The summed E-state index contributed by atoms with van der Waals surface area (Å²) in [6, 6.07) is 119. The van der Waals surface area contributed by atoms with Crippen molar-refractivity contribution in [3.63, 3.8) is 0 Å². The van der Waals surface area contributed by atoms with Gasteiger partial charge in [-0.2, -0.15) is 0 Å². The summed E-state index contributed by atoms with van der Waals surface area (Å²) >= 11 is 0. The Labute approximate surface area is 487 Å². The van der Waals surface area contributed by atoms with E-state index in [1.807, 2.05) is 0 Å². The lowest BCUT2D eigenvalue weighted by Gasteiger charge is -2.33. The standard InChI is InChI=1S/C78H54N6/c1-7-25-55(26-8-1)79(56-27-9-2-10-28-56)64-49-65(80(57-29-11-3-12-30-57)61-43-46-76-70(52-61)67-37-19-22-40-73(67)82(76)58-31-13-4-14-32-58)51-66(50-64)81(62-44-47-77-71(53-62)68-38-20-23-41-74(68)83(77)59-33-15-5-16-34-59)63-45-48-78-72(54-63)69-39-21-24-42-75(69)84(78)60-35-17-6-18-36-60/h1-54H. The van der Waals surface area contributed by atoms with Gasteiger partial charge in [0.25, 0.3) is 0 Å². The highest BCUT2D eigenvalue weighted by molar-refractivity contribution is 6.14. The van der Waals surface area contributed by atoms with Crippen molar-refractivity contribution in [2.24, 2.45) is 0 Å². The van der Waals surface area contributed by atoms with Gasteiger partial charge in [-0.1, -0.05) is 164 Å². The van der Waals surface area contributed by atoms with Crippen LogP contribution in [0, 0.1) is 0 Å². The third kappa shape index (κ3) is 8.19. The summed E-state index contributed by atoms with van der Waals surface area (Å²) in [6.45, 7) is 0. The molecule has 0 saturated heterocycles. The molecule has 6 nitrogen and oxygen atoms in total. The minimum Gasteiger partial charge on any atom is -0.310 e. The van der Waals surface area contributed by atoms with Gasteiger partial charge in [-0.25, -0.2) is 0 Å². The van der Waals surface area contributed by atoms with Gasteiger partial charge in [-0.15, -0.1) is 0 Å². The molecule has 0 amide bonds. The van der Waals surface area contributed by atoms with E-state index in [0.29, 0.717) is 0 Å². The molecule has 6 heteroatoms. The fraction of sp³-hybridized carbons (Fsp3) is 0. The number of para-hydroxylation sites is 9. The molecule has 0 N–H and O–H groups in total. The van der Waals surface area contributed by atoms with Crippen LogP contribution in [0.5, 0.6) is 0 Å². The Morgan fingerprint density at radius 2 is 0.381 bits per heavy atom. The molecule has 16 aromatic rings. The quantitative estimate of drug-likeness (QED) is 0.122. The molecule has 0 aliphatic heterocycles. The van der Waals surface area contributed by atoms with Crippen LogP contribution in [0.25, 0.3) is 82.5 Å². The normalized spacial score (nSPS) is 11.6. The molecule has 3 heterocycles. The van der Waals surface area contributed by atoms with Crippen LogP contribution in [0.2, 0.25) is 0 Å². The SMILES string of the molecule is c1ccc(N(c2ccccc2)c2cc(N(c3ccccc3)c3ccc4c(c3)c3ccccc3n4-c3ccccc3)cc(N(c3ccc4c(c3)c3ccccc3n4-c3ccccc3)c3ccc4c(c3)c3ccccc3n4-c3ccccc3)c2)cc1. The Morgan fingerprint density at radius 1 is 0.155 bits per heavy atom. The van der Waals surface area contributed by atoms with E-state index in [4.69, 9.17) is 0 Å². The average Bonchev–Trinajstić information content (AvgIpc) is 3.13. The van der Waals surface area contributed by atoms with Crippen molar-refractivity contribution in [1.82, 2.24) is 13.7 Å². The Kier molecular flexibility index (Phi) is 11.8. The Morgan fingerprint density at radius 3 is 0.679 bits per heavy atom. The number of fused-ring (bicyclic) bond motifs is 9. The minimum atomic E-state index is 0.986. The first-order valence-corrected chi connectivity index (χ1v) is 28.7. The largest absolute Gasteiger partial charge is 0.310 e. The van der Waals surface area contributed by atoms with E-state index in [-0.39, 0.29) is 0 Å². The molecule has 16 rings (SSSR count). The number of aromatic nitrogens is 3. The van der Waals surface area contributed by atoms with E-state index in [2.05, 4.69) is 356 Å². The van der Waals surface area contributed by atoms with Gasteiger partial charge >= 0.3 is 0 Å². The zero-order chi connectivity index (χ0) is 55.5. The number of nitrogens with zero attached hydrogens (tertiary/aromatic N) is 6. The molecule has 0 bridgehead atoms. The van der Waals surface area contributed by atoms with Crippen LogP contribution >= 0.6 is 0 Å². The lowest BCUT2D eigenvalue weighted by molar-refractivity contribution is 1.18. The van der Waals surface area contributed by atoms with E-state index in [1.54, 1.807) is 0 Å². The van der Waals surface area contributed by atoms with Crippen molar-refractivity contribution in [3.05, 3.63) is 328 Å². The molecule has 0 radical (unpaired) electrons. The molecule has 0 fully saturated rings. The molecule has 0 spiro atoms. The summed E-state index contributed by atoms with van der Waals surface area (Å²) in [5.41, 5.74) is 19.5. The zero-order valence-electron chi connectivity index (χ0n) is 45.9. The highest BCUT2D eigenvalue weighted by Gasteiger charge is 2.26. The first-order chi connectivity index (χ1) is 41.7. The van der Waals surface area contributed by atoms with Crippen molar-refractivity contribution >= 4 is 117 Å². The summed E-state index contributed by atoms with van der Waals surface area (Å²) in [5.74, 6) is 0. The van der Waals surface area contributed by atoms with Crippen molar-refractivity contribution in [2.75, 3.05) is 14.7 Å². The van der Waals surface area contributed by atoms with Gasteiger partial charge in [0.2, 0.25) is 0 Å². The van der Waals surface area contributed by atoms with Gasteiger partial charge < -0.3 is 28.4 Å². The highest BCUT2D eigenvalue weighted by atomic mass is 15.2. The molecule has 0 aliphatic carbocycles. The summed E-state index contributed by atoms with van der Waals surface area (Å²) in [6.07, 6.45) is 0. The van der Waals surface area contributed by atoms with Gasteiger partial charge in [0.05, 0.1) is 50.2 Å². The van der Waals surface area contributed by atoms with Crippen LogP contribution in [0.4, 0.5) is 51.2 Å². The second-order valence-corrected chi connectivity index (χ2v) is 21.4. The van der Waals surface area contributed by atoms with Crippen molar-refractivity contribution in [1.29, 1.82) is 0 Å². The van der Waals surface area contributed by atoms with Gasteiger partial charge in [0.1, 0.15) is 0 Å². The van der Waals surface area contributed by atoms with Crippen molar-refractivity contribution < 1.29 is 0 Å². The van der Waals surface area contributed by atoms with Crippen LogP contribution in [0.3, 0.4) is 0 Å². The highest BCUT2D eigenvalue weighted by Crippen LogP contribution is 2.49. The number of hydrogen-bond donors (Lipinski definition) is 0. The lowest BCUT2D eigenvalue weighted by Crippen LogP contribution is -2.16. The van der Waals surface area contributed by atoms with Crippen molar-refractivity contribution in [2.45, 2.75) is 0 Å². The fourth-order valence-electron chi connectivity index (χ4n) is 12.9. The summed E-state index contributed by atoms with van der Waals surface area (Å²) < 4.78 is 7.18. The fourth-order valence-corrected chi connectivity index (χ4v) is 12.9. The average molecular weight is 1080 g/mol. The van der Waals surface area contributed by atoms with Gasteiger partial charge in [0, 0.05) is 83.5 Å². The van der Waals surface area contributed by atoms with E-state index >= 15 is 0 Å². The first kappa shape index (κ1) is 48.6. The number of anilines is 9. The maximum atomic E-state index is 2.48. The molecule has 396 valence electrons. The summed E-state index contributed by atoms with van der Waals surface area (Å²) in [4.78, 5) is 7.29. The lowest BCUT2D eigenvalue weighted by atomic mass is 10.1. The van der Waals surface area contributed by atoms with Crippen LogP contribution in [0.15, 0.2) is 328 Å². The van der Waals surface area contributed by atoms with Crippen LogP contribution in [-0.4, -0.2) is 13.7 Å². The molecule has 0 saturated carbocycles. The van der Waals surface area contributed by atoms with E-state index < -0.39 is 0 Å². The molecular weight excluding hydrogens is 1020 g/mol. The number of benzene rings is 13. The third-order valence-corrected chi connectivity index (χ3v) is 16.5. The Bertz CT molecular complexity index is 4870. The van der Waals surface area contributed by atoms with E-state index in [1.165, 1.54) is 32.3 Å². The maximum Gasteiger partial charge on any atom is 0.0542 e. The summed E-state index contributed by atoms with van der Waals surface area (Å²) in [5, 5.41) is 7.07. The molecule has 0 atom stereocenters. The van der Waals surface area contributed by atoms with Crippen LogP contribution < -0.4 is 14.7 Å². The van der Waals surface area contributed by atoms with Crippen LogP contribution in [0.1, 0.15) is 0 Å². The number of rotatable bonds is 12. The smallest absolute Gasteiger partial charge is 0.0542 e. The van der Waals surface area contributed by atoms with E-state index in [0.717, 1.165) is 101 Å². The molecule has 13 aromatic carbocycles. The predicted molar refractivity (Wildman–Crippen MR) is 354 cm³/mol. The van der Waals surface area contributed by atoms with Crippen LogP contribution in [-0.2, 0) is 0 Å². The monoisotopic (exact) mass is 1070 g/mol. The predicted octanol–water partition coefficient (Wildman–Crippen LogP) is 21.4. The Hall–Kier alpha value is -11.3. The molecule has 0 unspecified atom stereocenters. The maximum absolute atomic E-state index is 2.48. The molecule has 0 aliphatic rings. The third-order valence-electron chi connectivity index (χ3n) is 16.5. The molecule has 84 heavy (non-hydrogen) atoms. The van der Waals surface area contributed by atoms with E-state index in [9.17, 15) is 0 Å². The topological polar surface area (TPSA) is 24.5 Å². The second-order valence-electron chi connectivity index (χ2n) is 21.4. The zero-order valence-corrected chi connectivity index (χ0v) is 45.9. The number of hydrogen-bond acceptors (Lipinski definition) is 3. The minimum absolute atomic E-state index is 0.986. The van der Waals surface area contributed by atoms with Gasteiger partial charge in [-0.3, -0.25) is 0 Å². The first-order valence-electron chi connectivity index (χ1n) is 28.7.